The fraction of sp³-hybridized carbons (Fsp3) is 0.263. The van der Waals surface area contributed by atoms with Crippen molar-refractivity contribution in [2.24, 2.45) is 7.05 Å². The Morgan fingerprint density at radius 1 is 1.18 bits per heavy atom. The minimum absolute atomic E-state index is 0.191. The minimum Gasteiger partial charge on any atom is -0.469 e. The predicted octanol–water partition coefficient (Wildman–Crippen LogP) is 2.89. The van der Waals surface area contributed by atoms with Crippen molar-refractivity contribution in [2.45, 2.75) is 25.0 Å². The number of aromatic nitrogens is 3. The van der Waals surface area contributed by atoms with E-state index in [1.807, 2.05) is 54.9 Å². The van der Waals surface area contributed by atoms with Crippen LogP contribution >= 0.6 is 11.8 Å². The first-order valence-electron chi connectivity index (χ1n) is 8.73. The van der Waals surface area contributed by atoms with Crippen LogP contribution in [0.3, 0.4) is 0 Å². The standard InChI is InChI=1S/C19H21N5O3S/c1-13-15(8-10-27-13)17-22-23-19(24(17)2)28-11-9-16(25)21-18(26)20-12-14-6-4-3-5-7-14/h3-8,10H,9,11-12H2,1-2H3,(H2,20,21,25,26). The van der Waals surface area contributed by atoms with Crippen molar-refractivity contribution >= 4 is 23.7 Å². The summed E-state index contributed by atoms with van der Waals surface area (Å²) in [7, 11) is 1.86. The summed E-state index contributed by atoms with van der Waals surface area (Å²) in [6.07, 6.45) is 1.80. The number of thioether (sulfide) groups is 1. The number of aryl methyl sites for hydroxylation is 1. The molecule has 2 heterocycles. The predicted molar refractivity (Wildman–Crippen MR) is 106 cm³/mol. The zero-order valence-electron chi connectivity index (χ0n) is 15.6. The summed E-state index contributed by atoms with van der Waals surface area (Å²) in [5.41, 5.74) is 1.85. The van der Waals surface area contributed by atoms with Gasteiger partial charge in [0.25, 0.3) is 0 Å². The highest BCUT2D eigenvalue weighted by Gasteiger charge is 2.15. The average molecular weight is 399 g/mol. The van der Waals surface area contributed by atoms with E-state index in [1.165, 1.54) is 11.8 Å². The molecule has 0 spiro atoms. The van der Waals surface area contributed by atoms with Crippen molar-refractivity contribution in [3.05, 3.63) is 54.0 Å². The second-order valence-corrected chi connectivity index (χ2v) is 7.13. The third kappa shape index (κ3) is 5.01. The highest BCUT2D eigenvalue weighted by atomic mass is 32.2. The van der Waals surface area contributed by atoms with Gasteiger partial charge in [-0.3, -0.25) is 10.1 Å². The van der Waals surface area contributed by atoms with Gasteiger partial charge in [0.2, 0.25) is 5.91 Å². The van der Waals surface area contributed by atoms with Crippen molar-refractivity contribution in [2.75, 3.05) is 5.75 Å². The first-order valence-corrected chi connectivity index (χ1v) is 9.71. The molecule has 0 atom stereocenters. The van der Waals surface area contributed by atoms with Crippen LogP contribution in [0.4, 0.5) is 4.79 Å². The van der Waals surface area contributed by atoms with Gasteiger partial charge in [-0.05, 0) is 18.6 Å². The molecule has 3 amide bonds. The fourth-order valence-electron chi connectivity index (χ4n) is 2.54. The summed E-state index contributed by atoms with van der Waals surface area (Å²) < 4.78 is 7.16. The summed E-state index contributed by atoms with van der Waals surface area (Å²) in [4.78, 5) is 23.7. The average Bonchev–Trinajstić information content (AvgIpc) is 3.26. The molecule has 0 saturated carbocycles. The van der Waals surface area contributed by atoms with E-state index in [4.69, 9.17) is 4.42 Å². The number of hydrogen-bond donors (Lipinski definition) is 2. The van der Waals surface area contributed by atoms with Gasteiger partial charge in [0.05, 0.1) is 11.8 Å². The van der Waals surface area contributed by atoms with E-state index in [9.17, 15) is 9.59 Å². The third-order valence-corrected chi connectivity index (χ3v) is 5.07. The zero-order chi connectivity index (χ0) is 19.9. The lowest BCUT2D eigenvalue weighted by Gasteiger charge is -2.07. The lowest BCUT2D eigenvalue weighted by molar-refractivity contribution is -0.119. The summed E-state index contributed by atoms with van der Waals surface area (Å²) >= 11 is 1.40. The minimum atomic E-state index is -0.504. The van der Waals surface area contributed by atoms with Gasteiger partial charge in [-0.15, -0.1) is 10.2 Å². The Morgan fingerprint density at radius 2 is 1.96 bits per heavy atom. The van der Waals surface area contributed by atoms with Crippen LogP contribution in [-0.4, -0.2) is 32.5 Å². The molecule has 1 aromatic carbocycles. The molecule has 8 nitrogen and oxygen atoms in total. The normalized spacial score (nSPS) is 10.6. The number of benzene rings is 1. The Balaban J connectivity index is 1.42. The lowest BCUT2D eigenvalue weighted by Crippen LogP contribution is -2.39. The van der Waals surface area contributed by atoms with Crippen LogP contribution in [0, 0.1) is 6.92 Å². The molecule has 146 valence electrons. The summed E-state index contributed by atoms with van der Waals surface area (Å²) in [5, 5.41) is 14.0. The van der Waals surface area contributed by atoms with Crippen molar-refractivity contribution in [3.63, 3.8) is 0 Å². The molecule has 0 radical (unpaired) electrons. The number of imide groups is 1. The first kappa shape index (κ1) is 19.7. The van der Waals surface area contributed by atoms with Crippen LogP contribution in [0.5, 0.6) is 0 Å². The molecule has 3 aromatic rings. The topological polar surface area (TPSA) is 102 Å². The number of carbonyl (C=O) groups is 2. The Kier molecular flexibility index (Phi) is 6.49. The lowest BCUT2D eigenvalue weighted by atomic mass is 10.2. The monoisotopic (exact) mass is 399 g/mol. The van der Waals surface area contributed by atoms with E-state index in [0.717, 1.165) is 16.9 Å². The number of nitrogens with one attached hydrogen (secondary N) is 2. The summed E-state index contributed by atoms with van der Waals surface area (Å²) in [6.45, 7) is 2.23. The Bertz CT molecular complexity index is 952. The van der Waals surface area contributed by atoms with Crippen molar-refractivity contribution in [1.82, 2.24) is 25.4 Å². The number of urea groups is 1. The zero-order valence-corrected chi connectivity index (χ0v) is 16.5. The molecule has 0 aliphatic rings. The van der Waals surface area contributed by atoms with E-state index >= 15 is 0 Å². The Labute approximate surface area is 166 Å². The second-order valence-electron chi connectivity index (χ2n) is 6.07. The van der Waals surface area contributed by atoms with Crippen LogP contribution in [0.2, 0.25) is 0 Å². The number of carbonyl (C=O) groups excluding carboxylic acids is 2. The molecule has 28 heavy (non-hydrogen) atoms. The van der Waals surface area contributed by atoms with E-state index in [1.54, 1.807) is 6.26 Å². The molecule has 2 aromatic heterocycles. The molecule has 0 unspecified atom stereocenters. The maximum absolute atomic E-state index is 11.9. The van der Waals surface area contributed by atoms with E-state index in [-0.39, 0.29) is 12.3 Å². The van der Waals surface area contributed by atoms with E-state index in [0.29, 0.717) is 23.3 Å². The van der Waals surface area contributed by atoms with Gasteiger partial charge < -0.3 is 14.3 Å². The quantitative estimate of drug-likeness (QED) is 0.592. The largest absolute Gasteiger partial charge is 0.469 e. The molecule has 3 rings (SSSR count). The SMILES string of the molecule is Cc1occc1-c1nnc(SCCC(=O)NC(=O)NCc2ccccc2)n1C. The van der Waals surface area contributed by atoms with Gasteiger partial charge in [-0.1, -0.05) is 42.1 Å². The second kappa shape index (κ2) is 9.23. The number of hydrogen-bond acceptors (Lipinski definition) is 6. The Morgan fingerprint density at radius 3 is 2.68 bits per heavy atom. The van der Waals surface area contributed by atoms with Crippen LogP contribution in [0.15, 0.2) is 52.2 Å². The molecule has 0 saturated heterocycles. The molecular weight excluding hydrogens is 378 g/mol. The van der Waals surface area contributed by atoms with E-state index < -0.39 is 6.03 Å². The molecule has 9 heteroatoms. The number of amides is 3. The highest BCUT2D eigenvalue weighted by molar-refractivity contribution is 7.99. The molecule has 0 aliphatic heterocycles. The van der Waals surface area contributed by atoms with Crippen LogP contribution in [0.1, 0.15) is 17.7 Å². The smallest absolute Gasteiger partial charge is 0.321 e. The van der Waals surface area contributed by atoms with Gasteiger partial charge in [0, 0.05) is 25.8 Å². The maximum atomic E-state index is 11.9. The molecule has 0 fully saturated rings. The maximum Gasteiger partial charge on any atom is 0.321 e. The van der Waals surface area contributed by atoms with Crippen molar-refractivity contribution < 1.29 is 14.0 Å². The fourth-order valence-corrected chi connectivity index (χ4v) is 3.39. The Hall–Kier alpha value is -3.07. The number of furan rings is 1. The van der Waals surface area contributed by atoms with Crippen molar-refractivity contribution in [1.29, 1.82) is 0 Å². The van der Waals surface area contributed by atoms with Gasteiger partial charge in [-0.2, -0.15) is 0 Å². The number of rotatable bonds is 7. The summed E-state index contributed by atoms with van der Waals surface area (Å²) in [5.74, 6) is 1.62. The third-order valence-electron chi connectivity index (χ3n) is 4.04. The molecular formula is C19H21N5O3S. The highest BCUT2D eigenvalue weighted by Crippen LogP contribution is 2.25. The molecule has 0 aliphatic carbocycles. The van der Waals surface area contributed by atoms with Gasteiger partial charge >= 0.3 is 6.03 Å². The van der Waals surface area contributed by atoms with E-state index in [2.05, 4.69) is 20.8 Å². The van der Waals surface area contributed by atoms with Gasteiger partial charge in [-0.25, -0.2) is 4.79 Å². The van der Waals surface area contributed by atoms with Gasteiger partial charge in [0.15, 0.2) is 11.0 Å². The van der Waals surface area contributed by atoms with Crippen LogP contribution in [0.25, 0.3) is 11.4 Å². The molecule has 0 bridgehead atoms. The van der Waals surface area contributed by atoms with Crippen LogP contribution in [-0.2, 0) is 18.4 Å². The summed E-state index contributed by atoms with van der Waals surface area (Å²) in [6, 6.07) is 10.8. The molecule has 2 N–H and O–H groups in total. The first-order chi connectivity index (χ1) is 13.5. The van der Waals surface area contributed by atoms with Crippen molar-refractivity contribution in [3.8, 4) is 11.4 Å². The number of nitrogens with zero attached hydrogens (tertiary/aromatic N) is 3. The van der Waals surface area contributed by atoms with Gasteiger partial charge in [0.1, 0.15) is 5.76 Å². The van der Waals surface area contributed by atoms with Crippen LogP contribution < -0.4 is 10.6 Å².